The molecular formula is C26H21ClN2O3S2. The highest BCUT2D eigenvalue weighted by atomic mass is 35.5. The number of anilines is 1. The standard InChI is InChI=1S/C26H21ClN2O3S2/c1-11-2-8-14(9-3-11)29-24(30)19-15-10-16(20(19)25(29)31)21-18(15)17(12-4-6-13(27)7-5-12)22-23(33-21)28-26(32)34-22/h2-9,15-21H,10H2,1H3,(H,28,32). The summed E-state index contributed by atoms with van der Waals surface area (Å²) in [4.78, 5) is 45.1. The number of aryl methyl sites for hydroxylation is 1. The van der Waals surface area contributed by atoms with Crippen molar-refractivity contribution in [3.05, 3.63) is 79.2 Å². The second-order valence-corrected chi connectivity index (χ2v) is 12.5. The number of halogens is 1. The monoisotopic (exact) mass is 508 g/mol. The zero-order valence-electron chi connectivity index (χ0n) is 18.2. The van der Waals surface area contributed by atoms with Gasteiger partial charge in [-0.1, -0.05) is 52.8 Å². The van der Waals surface area contributed by atoms with Gasteiger partial charge in [0.25, 0.3) is 0 Å². The Kier molecular flexibility index (Phi) is 4.52. The summed E-state index contributed by atoms with van der Waals surface area (Å²) in [6, 6.07) is 15.5. The van der Waals surface area contributed by atoms with Crippen LogP contribution in [0, 0.1) is 36.5 Å². The molecule has 0 spiro atoms. The maximum atomic E-state index is 13.7. The molecule has 1 saturated heterocycles. The number of hydrogen-bond donors (Lipinski definition) is 1. The van der Waals surface area contributed by atoms with Crippen molar-refractivity contribution >= 4 is 52.2 Å². The predicted octanol–water partition coefficient (Wildman–Crippen LogP) is 5.08. The minimum atomic E-state index is -0.285. The quantitative estimate of drug-likeness (QED) is 0.490. The first-order chi connectivity index (χ1) is 16.4. The molecule has 34 heavy (non-hydrogen) atoms. The van der Waals surface area contributed by atoms with Crippen LogP contribution in [0.3, 0.4) is 0 Å². The molecule has 8 heteroatoms. The van der Waals surface area contributed by atoms with Crippen molar-refractivity contribution in [3.8, 4) is 0 Å². The normalized spacial score (nSPS) is 33.2. The molecule has 2 amide bonds. The molecule has 3 fully saturated rings. The van der Waals surface area contributed by atoms with Crippen molar-refractivity contribution in [3.63, 3.8) is 0 Å². The third-order valence-electron chi connectivity index (χ3n) is 8.25. The molecule has 2 saturated carbocycles. The first kappa shape index (κ1) is 21.0. The second-order valence-electron chi connectivity index (χ2n) is 9.86. The highest BCUT2D eigenvalue weighted by molar-refractivity contribution is 8.00. The number of hydrogen-bond acceptors (Lipinski definition) is 5. The van der Waals surface area contributed by atoms with Crippen LogP contribution in [0.2, 0.25) is 5.02 Å². The molecular weight excluding hydrogens is 488 g/mol. The summed E-state index contributed by atoms with van der Waals surface area (Å²) in [5.74, 6) is -0.205. The van der Waals surface area contributed by atoms with Crippen molar-refractivity contribution in [2.45, 2.75) is 29.5 Å². The van der Waals surface area contributed by atoms with Crippen LogP contribution in [0.15, 0.2) is 58.4 Å². The lowest BCUT2D eigenvalue weighted by Crippen LogP contribution is -2.42. The number of thioether (sulfide) groups is 1. The van der Waals surface area contributed by atoms with Gasteiger partial charge in [0.15, 0.2) is 0 Å². The Morgan fingerprint density at radius 1 is 0.941 bits per heavy atom. The lowest BCUT2D eigenvalue weighted by Gasteiger charge is -2.43. The molecule has 7 unspecified atom stereocenters. The third-order valence-corrected chi connectivity index (χ3v) is 11.1. The Balaban J connectivity index is 1.32. The fourth-order valence-corrected chi connectivity index (χ4v) is 10.0. The second kappa shape index (κ2) is 7.33. The van der Waals surface area contributed by atoms with Gasteiger partial charge in [0.05, 0.1) is 22.5 Å². The fraction of sp³-hybridized carbons (Fsp3) is 0.346. The van der Waals surface area contributed by atoms with Crippen molar-refractivity contribution in [1.29, 1.82) is 0 Å². The molecule has 4 aliphatic rings. The minimum absolute atomic E-state index is 0.0229. The number of aromatic nitrogens is 1. The molecule has 3 heterocycles. The van der Waals surface area contributed by atoms with Crippen LogP contribution in [0.25, 0.3) is 0 Å². The minimum Gasteiger partial charge on any atom is -0.307 e. The zero-order chi connectivity index (χ0) is 23.3. The van der Waals surface area contributed by atoms with Gasteiger partial charge in [0, 0.05) is 21.1 Å². The van der Waals surface area contributed by atoms with Crippen molar-refractivity contribution in [2.24, 2.45) is 29.6 Å². The largest absolute Gasteiger partial charge is 0.307 e. The maximum Gasteiger partial charge on any atom is 0.305 e. The van der Waals surface area contributed by atoms with E-state index in [0.717, 1.165) is 27.5 Å². The number of benzene rings is 2. The van der Waals surface area contributed by atoms with Gasteiger partial charge in [-0.15, -0.1) is 11.8 Å². The molecule has 1 N–H and O–H groups in total. The Morgan fingerprint density at radius 3 is 2.32 bits per heavy atom. The number of nitrogens with zero attached hydrogens (tertiary/aromatic N) is 1. The van der Waals surface area contributed by atoms with Crippen molar-refractivity contribution in [2.75, 3.05) is 4.90 Å². The molecule has 5 nitrogen and oxygen atoms in total. The molecule has 1 aromatic heterocycles. The van der Waals surface area contributed by atoms with E-state index in [-0.39, 0.29) is 57.4 Å². The van der Waals surface area contributed by atoms with Gasteiger partial charge in [-0.3, -0.25) is 19.3 Å². The first-order valence-electron chi connectivity index (χ1n) is 11.5. The maximum absolute atomic E-state index is 13.7. The summed E-state index contributed by atoms with van der Waals surface area (Å²) in [7, 11) is 0. The summed E-state index contributed by atoms with van der Waals surface area (Å²) in [6.07, 6.45) is 0.889. The van der Waals surface area contributed by atoms with Crippen LogP contribution in [0.1, 0.15) is 28.3 Å². The van der Waals surface area contributed by atoms with Gasteiger partial charge in [-0.05, 0) is 60.9 Å². The lowest BCUT2D eigenvalue weighted by atomic mass is 9.68. The molecule has 172 valence electrons. The highest BCUT2D eigenvalue weighted by Crippen LogP contribution is 2.68. The summed E-state index contributed by atoms with van der Waals surface area (Å²) >= 11 is 9.16. The fourth-order valence-electron chi connectivity index (χ4n) is 7.01. The summed E-state index contributed by atoms with van der Waals surface area (Å²) < 4.78 is 0. The zero-order valence-corrected chi connectivity index (χ0v) is 20.6. The average molecular weight is 509 g/mol. The number of amides is 2. The number of H-pyrrole nitrogens is 1. The molecule has 0 radical (unpaired) electrons. The topological polar surface area (TPSA) is 70.2 Å². The number of nitrogens with one attached hydrogen (secondary N) is 1. The average Bonchev–Trinajstić information content (AvgIpc) is 3.54. The van der Waals surface area contributed by atoms with E-state index < -0.39 is 0 Å². The Hall–Kier alpha value is -2.35. The molecule has 7 rings (SSSR count). The molecule has 3 aromatic rings. The number of carbonyl (C=O) groups is 2. The Labute approximate surface area is 209 Å². The van der Waals surface area contributed by atoms with E-state index in [1.54, 1.807) is 11.8 Å². The number of thiazole rings is 1. The van der Waals surface area contributed by atoms with Crippen LogP contribution in [-0.4, -0.2) is 22.0 Å². The van der Waals surface area contributed by atoms with Crippen LogP contribution in [-0.2, 0) is 9.59 Å². The van der Waals surface area contributed by atoms with Gasteiger partial charge >= 0.3 is 4.87 Å². The number of carbonyl (C=O) groups excluding carboxylic acids is 2. The van der Waals surface area contributed by atoms with E-state index in [2.05, 4.69) is 4.98 Å². The summed E-state index contributed by atoms with van der Waals surface area (Å²) in [6.45, 7) is 1.99. The van der Waals surface area contributed by atoms with E-state index in [1.807, 2.05) is 55.5 Å². The number of fused-ring (bicyclic) bond motifs is 9. The molecule has 2 aliphatic heterocycles. The van der Waals surface area contributed by atoms with Crippen LogP contribution >= 0.6 is 34.7 Å². The van der Waals surface area contributed by atoms with Crippen molar-refractivity contribution < 1.29 is 9.59 Å². The predicted molar refractivity (Wildman–Crippen MR) is 134 cm³/mol. The van der Waals surface area contributed by atoms with E-state index in [4.69, 9.17) is 11.6 Å². The SMILES string of the molecule is Cc1ccc(N2C(=O)C3C4CC(C3C2=O)C2C(c3ccc(Cl)cc3)c3sc(=O)[nH]c3SC42)cc1. The van der Waals surface area contributed by atoms with Gasteiger partial charge in [-0.2, -0.15) is 0 Å². The lowest BCUT2D eigenvalue weighted by molar-refractivity contribution is -0.123. The Bertz CT molecular complexity index is 1400. The summed E-state index contributed by atoms with van der Waals surface area (Å²) in [5.41, 5.74) is 2.88. The van der Waals surface area contributed by atoms with Crippen LogP contribution < -0.4 is 9.77 Å². The highest BCUT2D eigenvalue weighted by Gasteiger charge is 2.69. The number of rotatable bonds is 2. The van der Waals surface area contributed by atoms with E-state index in [9.17, 15) is 14.4 Å². The van der Waals surface area contributed by atoms with E-state index in [0.29, 0.717) is 10.7 Å². The number of imide groups is 1. The van der Waals surface area contributed by atoms with E-state index >= 15 is 0 Å². The first-order valence-corrected chi connectivity index (χ1v) is 13.6. The molecule has 2 aromatic carbocycles. The third kappa shape index (κ3) is 2.77. The molecule has 2 bridgehead atoms. The molecule has 2 aliphatic carbocycles. The van der Waals surface area contributed by atoms with Gasteiger partial charge < -0.3 is 4.98 Å². The van der Waals surface area contributed by atoms with Crippen LogP contribution in [0.5, 0.6) is 0 Å². The molecule has 7 atom stereocenters. The Morgan fingerprint density at radius 2 is 1.62 bits per heavy atom. The van der Waals surface area contributed by atoms with Gasteiger partial charge in [-0.25, -0.2) is 0 Å². The smallest absolute Gasteiger partial charge is 0.305 e. The van der Waals surface area contributed by atoms with E-state index in [1.165, 1.54) is 16.2 Å². The van der Waals surface area contributed by atoms with Gasteiger partial charge in [0.1, 0.15) is 0 Å². The number of aromatic amines is 1. The van der Waals surface area contributed by atoms with Crippen molar-refractivity contribution in [1.82, 2.24) is 4.98 Å². The van der Waals surface area contributed by atoms with Gasteiger partial charge in [0.2, 0.25) is 11.8 Å². The van der Waals surface area contributed by atoms with Crippen LogP contribution in [0.4, 0.5) is 5.69 Å². The summed E-state index contributed by atoms with van der Waals surface area (Å²) in [5, 5.41) is 1.79.